The van der Waals surface area contributed by atoms with E-state index in [-0.39, 0.29) is 0 Å². The Morgan fingerprint density at radius 2 is 2.14 bits per heavy atom. The van der Waals surface area contributed by atoms with E-state index in [1.165, 1.54) is 5.56 Å². The Morgan fingerprint density at radius 3 is 2.79 bits per heavy atom. The molecule has 0 heterocycles. The van der Waals surface area contributed by atoms with Crippen LogP contribution < -0.4 is 5.32 Å². The molecular formula is C12H19NO. The highest BCUT2D eigenvalue weighted by molar-refractivity contribution is 5.35. The number of aryl methyl sites for hydroxylation is 1. The van der Waals surface area contributed by atoms with E-state index >= 15 is 0 Å². The van der Waals surface area contributed by atoms with Gasteiger partial charge in [0.2, 0.25) is 0 Å². The minimum Gasteiger partial charge on any atom is -0.508 e. The molecule has 0 aliphatic rings. The van der Waals surface area contributed by atoms with Gasteiger partial charge in [0.05, 0.1) is 0 Å². The molecule has 78 valence electrons. The third-order valence-corrected chi connectivity index (χ3v) is 2.49. The summed E-state index contributed by atoms with van der Waals surface area (Å²) in [4.78, 5) is 0. The first-order valence-electron chi connectivity index (χ1n) is 5.15. The van der Waals surface area contributed by atoms with E-state index in [4.69, 9.17) is 0 Å². The zero-order valence-electron chi connectivity index (χ0n) is 9.17. The zero-order chi connectivity index (χ0) is 10.6. The fourth-order valence-electron chi connectivity index (χ4n) is 1.28. The van der Waals surface area contributed by atoms with Crippen LogP contribution in [-0.2, 0) is 6.54 Å². The topological polar surface area (TPSA) is 32.3 Å². The van der Waals surface area contributed by atoms with Gasteiger partial charge in [-0.2, -0.15) is 0 Å². The number of phenolic OH excluding ortho intramolecular Hbond substituents is 1. The molecule has 0 radical (unpaired) electrons. The van der Waals surface area contributed by atoms with Crippen molar-refractivity contribution in [1.29, 1.82) is 0 Å². The Balaban J connectivity index is 2.62. The highest BCUT2D eigenvalue weighted by Crippen LogP contribution is 2.17. The summed E-state index contributed by atoms with van der Waals surface area (Å²) in [5.41, 5.74) is 2.16. The lowest BCUT2D eigenvalue weighted by Crippen LogP contribution is -2.24. The van der Waals surface area contributed by atoms with Crippen LogP contribution in [0.15, 0.2) is 18.2 Å². The Hall–Kier alpha value is -1.02. The molecule has 0 fully saturated rings. The van der Waals surface area contributed by atoms with Crippen molar-refractivity contribution in [1.82, 2.24) is 5.32 Å². The second-order valence-electron chi connectivity index (χ2n) is 3.82. The molecule has 14 heavy (non-hydrogen) atoms. The fraction of sp³-hybridized carbons (Fsp3) is 0.500. The quantitative estimate of drug-likeness (QED) is 0.770. The second kappa shape index (κ2) is 5.01. The maximum Gasteiger partial charge on any atom is 0.120 e. The third kappa shape index (κ3) is 3.04. The molecule has 0 bridgehead atoms. The van der Waals surface area contributed by atoms with Crippen LogP contribution in [0.25, 0.3) is 0 Å². The molecule has 2 N–H and O–H groups in total. The summed E-state index contributed by atoms with van der Waals surface area (Å²) in [6, 6.07) is 6.19. The minimum atomic E-state index is 0.381. The maximum absolute atomic E-state index is 9.58. The van der Waals surface area contributed by atoms with Gasteiger partial charge in [-0.25, -0.2) is 0 Å². The number of aromatic hydroxyl groups is 1. The molecule has 0 saturated carbocycles. The van der Waals surface area contributed by atoms with Crippen LogP contribution in [0.5, 0.6) is 5.75 Å². The normalized spacial score (nSPS) is 12.8. The molecule has 0 aliphatic carbocycles. The van der Waals surface area contributed by atoms with Gasteiger partial charge in [-0.1, -0.05) is 24.6 Å². The molecule has 0 aromatic heterocycles. The summed E-state index contributed by atoms with van der Waals surface area (Å²) >= 11 is 0. The average Bonchev–Trinajstić information content (AvgIpc) is 2.19. The highest BCUT2D eigenvalue weighted by atomic mass is 16.3. The predicted octanol–water partition coefficient (Wildman–Crippen LogP) is 2.59. The second-order valence-corrected chi connectivity index (χ2v) is 3.82. The molecule has 1 aromatic carbocycles. The molecule has 0 saturated heterocycles. The van der Waals surface area contributed by atoms with Crippen LogP contribution in [0.1, 0.15) is 31.4 Å². The van der Waals surface area contributed by atoms with Crippen LogP contribution in [0.2, 0.25) is 0 Å². The number of nitrogens with one attached hydrogen (secondary N) is 1. The van der Waals surface area contributed by atoms with Crippen LogP contribution in [0.3, 0.4) is 0 Å². The smallest absolute Gasteiger partial charge is 0.120 e. The minimum absolute atomic E-state index is 0.381. The number of benzene rings is 1. The van der Waals surface area contributed by atoms with Crippen molar-refractivity contribution in [2.45, 2.75) is 39.8 Å². The van der Waals surface area contributed by atoms with Crippen molar-refractivity contribution in [2.24, 2.45) is 0 Å². The fourth-order valence-corrected chi connectivity index (χ4v) is 1.28. The number of hydrogen-bond acceptors (Lipinski definition) is 2. The highest BCUT2D eigenvalue weighted by Gasteiger charge is 2.02. The lowest BCUT2D eigenvalue weighted by molar-refractivity contribution is 0.457. The zero-order valence-corrected chi connectivity index (χ0v) is 9.17. The standard InChI is InChI=1S/C12H19NO/c1-4-10(3)13-8-11-7-9(2)5-6-12(11)14/h5-7,10,13-14H,4,8H2,1-3H3/t10-/m1/s1. The molecule has 2 heteroatoms. The largest absolute Gasteiger partial charge is 0.508 e. The van der Waals surface area contributed by atoms with Gasteiger partial charge in [-0.3, -0.25) is 0 Å². The Bertz CT molecular complexity index is 296. The van der Waals surface area contributed by atoms with Gasteiger partial charge in [0.25, 0.3) is 0 Å². The van der Waals surface area contributed by atoms with E-state index in [9.17, 15) is 5.11 Å². The first-order valence-corrected chi connectivity index (χ1v) is 5.15. The van der Waals surface area contributed by atoms with Crippen LogP contribution >= 0.6 is 0 Å². The van der Waals surface area contributed by atoms with Crippen molar-refractivity contribution >= 4 is 0 Å². The van der Waals surface area contributed by atoms with Gasteiger partial charge >= 0.3 is 0 Å². The summed E-state index contributed by atoms with van der Waals surface area (Å²) in [7, 11) is 0. The van der Waals surface area contributed by atoms with Crippen molar-refractivity contribution in [3.05, 3.63) is 29.3 Å². The Kier molecular flexibility index (Phi) is 3.96. The number of phenols is 1. The van der Waals surface area contributed by atoms with Gasteiger partial charge < -0.3 is 10.4 Å². The maximum atomic E-state index is 9.58. The van der Waals surface area contributed by atoms with E-state index in [0.29, 0.717) is 11.8 Å². The van der Waals surface area contributed by atoms with Crippen LogP contribution in [0.4, 0.5) is 0 Å². The summed E-state index contributed by atoms with van der Waals surface area (Å²) < 4.78 is 0. The summed E-state index contributed by atoms with van der Waals surface area (Å²) in [5, 5.41) is 12.9. The monoisotopic (exact) mass is 193 g/mol. The van der Waals surface area contributed by atoms with Gasteiger partial charge in [0.1, 0.15) is 5.75 Å². The first-order chi connectivity index (χ1) is 6.63. The van der Waals surface area contributed by atoms with Gasteiger partial charge in [-0.05, 0) is 26.3 Å². The van der Waals surface area contributed by atoms with Gasteiger partial charge in [0.15, 0.2) is 0 Å². The molecule has 0 aliphatic heterocycles. The lowest BCUT2D eigenvalue weighted by Gasteiger charge is -2.12. The molecule has 2 nitrogen and oxygen atoms in total. The van der Waals surface area contributed by atoms with Crippen LogP contribution in [-0.4, -0.2) is 11.1 Å². The summed E-state index contributed by atoms with van der Waals surface area (Å²) in [6.45, 7) is 7.06. The SMILES string of the molecule is CC[C@@H](C)NCc1cc(C)ccc1O. The van der Waals surface area contributed by atoms with Crippen LogP contribution in [0, 0.1) is 6.92 Å². The predicted molar refractivity (Wildman–Crippen MR) is 59.4 cm³/mol. The van der Waals surface area contributed by atoms with Crippen molar-refractivity contribution in [2.75, 3.05) is 0 Å². The molecular weight excluding hydrogens is 174 g/mol. The van der Waals surface area contributed by atoms with E-state index in [1.54, 1.807) is 6.07 Å². The summed E-state index contributed by atoms with van der Waals surface area (Å²) in [5.74, 6) is 0.381. The van der Waals surface area contributed by atoms with Crippen molar-refractivity contribution < 1.29 is 5.11 Å². The molecule has 0 amide bonds. The molecule has 1 rings (SSSR count). The molecule has 0 spiro atoms. The molecule has 0 unspecified atom stereocenters. The number of hydrogen-bond donors (Lipinski definition) is 2. The first kappa shape index (κ1) is 11.1. The van der Waals surface area contributed by atoms with E-state index in [0.717, 1.165) is 18.5 Å². The number of rotatable bonds is 4. The Morgan fingerprint density at radius 1 is 1.43 bits per heavy atom. The average molecular weight is 193 g/mol. The third-order valence-electron chi connectivity index (χ3n) is 2.49. The van der Waals surface area contributed by atoms with Crippen molar-refractivity contribution in [3.63, 3.8) is 0 Å². The van der Waals surface area contributed by atoms with Crippen molar-refractivity contribution in [3.8, 4) is 5.75 Å². The van der Waals surface area contributed by atoms with E-state index in [1.807, 2.05) is 19.1 Å². The van der Waals surface area contributed by atoms with E-state index in [2.05, 4.69) is 19.2 Å². The summed E-state index contributed by atoms with van der Waals surface area (Å²) in [6.07, 6.45) is 1.10. The Labute approximate surface area is 86.0 Å². The van der Waals surface area contributed by atoms with E-state index < -0.39 is 0 Å². The lowest BCUT2D eigenvalue weighted by atomic mass is 10.1. The molecule has 1 atom stereocenters. The van der Waals surface area contributed by atoms with Gasteiger partial charge in [0, 0.05) is 18.2 Å². The van der Waals surface area contributed by atoms with Gasteiger partial charge in [-0.15, -0.1) is 0 Å². The molecule has 1 aromatic rings.